The molecule has 0 radical (unpaired) electrons. The molecule has 0 spiro atoms. The molecule has 0 bridgehead atoms. The summed E-state index contributed by atoms with van der Waals surface area (Å²) < 4.78 is 23.3. The summed E-state index contributed by atoms with van der Waals surface area (Å²) in [7, 11) is 1.66. The van der Waals surface area contributed by atoms with Crippen molar-refractivity contribution in [3.05, 3.63) is 23.3 Å². The minimum Gasteiger partial charge on any atom is -0.496 e. The van der Waals surface area contributed by atoms with Crippen molar-refractivity contribution < 1.29 is 13.9 Å². The Labute approximate surface area is 115 Å². The summed E-state index contributed by atoms with van der Waals surface area (Å²) >= 11 is 0. The van der Waals surface area contributed by atoms with Gasteiger partial charge in [0.25, 0.3) is 0 Å². The van der Waals surface area contributed by atoms with Gasteiger partial charge in [-0.15, -0.1) is 0 Å². The highest BCUT2D eigenvalue weighted by molar-refractivity contribution is 5.51. The summed E-state index contributed by atoms with van der Waals surface area (Å²) in [6.45, 7) is 11.7. The summed E-state index contributed by atoms with van der Waals surface area (Å²) in [5.41, 5.74) is 1.76. The van der Waals surface area contributed by atoms with Crippen LogP contribution in [-0.2, 0) is 10.8 Å². The van der Waals surface area contributed by atoms with Gasteiger partial charge in [0.15, 0.2) is 0 Å². The second-order valence-corrected chi connectivity index (χ2v) is 6.80. The van der Waals surface area contributed by atoms with Gasteiger partial charge in [-0.2, -0.15) is 0 Å². The van der Waals surface area contributed by atoms with E-state index in [1.54, 1.807) is 7.11 Å². The highest BCUT2D eigenvalue weighted by Crippen LogP contribution is 2.41. The number of rotatable bonds is 3. The summed E-state index contributed by atoms with van der Waals surface area (Å²) in [6.07, 6.45) is 0. The normalized spacial score (nSPS) is 12.4. The SMILES string of the molecule is COc1cc(C(C)(C)C)c(OCF)cc1C(C)(C)C. The van der Waals surface area contributed by atoms with E-state index >= 15 is 0 Å². The molecule has 0 aliphatic carbocycles. The van der Waals surface area contributed by atoms with Crippen LogP contribution in [0, 0.1) is 0 Å². The van der Waals surface area contributed by atoms with Crippen molar-refractivity contribution in [2.75, 3.05) is 14.0 Å². The minimum atomic E-state index is -0.820. The highest BCUT2D eigenvalue weighted by Gasteiger charge is 2.26. The quantitative estimate of drug-likeness (QED) is 0.798. The summed E-state index contributed by atoms with van der Waals surface area (Å²) in [4.78, 5) is 0. The van der Waals surface area contributed by atoms with Crippen molar-refractivity contribution in [3.63, 3.8) is 0 Å². The van der Waals surface area contributed by atoms with Crippen LogP contribution >= 0.6 is 0 Å². The van der Waals surface area contributed by atoms with Crippen LogP contribution in [0.1, 0.15) is 52.7 Å². The van der Waals surface area contributed by atoms with Crippen LogP contribution in [0.3, 0.4) is 0 Å². The minimum absolute atomic E-state index is 0.0871. The number of ether oxygens (including phenoxy) is 2. The predicted molar refractivity (Wildman–Crippen MR) is 77.0 cm³/mol. The molecule has 0 saturated carbocycles. The van der Waals surface area contributed by atoms with Gasteiger partial charge in [0.05, 0.1) is 7.11 Å². The second-order valence-electron chi connectivity index (χ2n) is 6.80. The van der Waals surface area contributed by atoms with Crippen molar-refractivity contribution in [2.24, 2.45) is 0 Å². The molecule has 0 amide bonds. The smallest absolute Gasteiger partial charge is 0.228 e. The zero-order chi connectivity index (χ0) is 14.8. The maximum Gasteiger partial charge on any atom is 0.228 e. The topological polar surface area (TPSA) is 18.5 Å². The molecule has 0 saturated heterocycles. The van der Waals surface area contributed by atoms with E-state index in [1.807, 2.05) is 12.1 Å². The first-order valence-corrected chi connectivity index (χ1v) is 6.53. The Bertz CT molecular complexity index is 439. The molecule has 0 atom stereocenters. The third kappa shape index (κ3) is 3.62. The Morgan fingerprint density at radius 3 is 1.68 bits per heavy atom. The van der Waals surface area contributed by atoms with Crippen molar-refractivity contribution in [1.29, 1.82) is 0 Å². The number of alkyl halides is 1. The van der Waals surface area contributed by atoms with E-state index in [4.69, 9.17) is 9.47 Å². The van der Waals surface area contributed by atoms with Crippen LogP contribution in [-0.4, -0.2) is 14.0 Å². The molecule has 108 valence electrons. The first-order chi connectivity index (χ1) is 8.61. The van der Waals surface area contributed by atoms with Gasteiger partial charge in [-0.05, 0) is 23.0 Å². The standard InChI is InChI=1S/C16H25FO2/c1-15(2,3)11-9-14(19-10-17)12(16(4,5)6)8-13(11)18-7/h8-9H,10H2,1-7H3. The number of methoxy groups -OCH3 is 1. The average Bonchev–Trinajstić information content (AvgIpc) is 2.26. The van der Waals surface area contributed by atoms with E-state index in [-0.39, 0.29) is 10.8 Å². The molecular formula is C16H25FO2. The molecule has 1 rings (SSSR count). The lowest BCUT2D eigenvalue weighted by Crippen LogP contribution is -2.18. The molecule has 1 aromatic carbocycles. The van der Waals surface area contributed by atoms with Crippen molar-refractivity contribution in [3.8, 4) is 11.5 Å². The van der Waals surface area contributed by atoms with Gasteiger partial charge in [0.2, 0.25) is 6.86 Å². The monoisotopic (exact) mass is 268 g/mol. The first-order valence-electron chi connectivity index (χ1n) is 6.53. The Hall–Kier alpha value is -1.25. The molecule has 0 aliphatic heterocycles. The fraction of sp³-hybridized carbons (Fsp3) is 0.625. The van der Waals surface area contributed by atoms with E-state index in [0.29, 0.717) is 5.75 Å². The molecule has 1 aromatic rings. The lowest BCUT2D eigenvalue weighted by Gasteiger charge is -2.28. The number of halogens is 1. The Morgan fingerprint density at radius 1 is 0.895 bits per heavy atom. The van der Waals surface area contributed by atoms with Gasteiger partial charge in [-0.3, -0.25) is 0 Å². The number of hydrogen-bond acceptors (Lipinski definition) is 2. The molecule has 19 heavy (non-hydrogen) atoms. The Balaban J connectivity index is 3.51. The lowest BCUT2D eigenvalue weighted by atomic mass is 9.81. The van der Waals surface area contributed by atoms with Gasteiger partial charge < -0.3 is 9.47 Å². The van der Waals surface area contributed by atoms with Gasteiger partial charge in [-0.25, -0.2) is 4.39 Å². The van der Waals surface area contributed by atoms with Crippen LogP contribution in [0.25, 0.3) is 0 Å². The second kappa shape index (κ2) is 5.40. The molecule has 0 heterocycles. The predicted octanol–water partition coefficient (Wildman–Crippen LogP) is 4.60. The van der Waals surface area contributed by atoms with E-state index in [9.17, 15) is 4.39 Å². The lowest BCUT2D eigenvalue weighted by molar-refractivity contribution is 0.187. The van der Waals surface area contributed by atoms with E-state index in [1.165, 1.54) is 0 Å². The van der Waals surface area contributed by atoms with Crippen LogP contribution in [0.4, 0.5) is 4.39 Å². The van der Waals surface area contributed by atoms with E-state index in [2.05, 4.69) is 41.5 Å². The van der Waals surface area contributed by atoms with Gasteiger partial charge >= 0.3 is 0 Å². The van der Waals surface area contributed by atoms with E-state index < -0.39 is 6.86 Å². The van der Waals surface area contributed by atoms with Gasteiger partial charge in [-0.1, -0.05) is 41.5 Å². The zero-order valence-electron chi connectivity index (χ0n) is 13.1. The van der Waals surface area contributed by atoms with Gasteiger partial charge in [0.1, 0.15) is 11.5 Å². The Morgan fingerprint density at radius 2 is 1.32 bits per heavy atom. The third-order valence-corrected chi connectivity index (χ3v) is 3.13. The maximum atomic E-state index is 12.6. The van der Waals surface area contributed by atoms with Crippen LogP contribution in [0.5, 0.6) is 11.5 Å². The molecule has 0 N–H and O–H groups in total. The highest BCUT2D eigenvalue weighted by atomic mass is 19.1. The molecule has 0 aliphatic rings. The number of hydrogen-bond donors (Lipinski definition) is 0. The van der Waals surface area contributed by atoms with Crippen molar-refractivity contribution >= 4 is 0 Å². The average molecular weight is 268 g/mol. The molecule has 0 aromatic heterocycles. The number of benzene rings is 1. The fourth-order valence-corrected chi connectivity index (χ4v) is 2.08. The summed E-state index contributed by atoms with van der Waals surface area (Å²) in [5, 5.41) is 0. The molecular weight excluding hydrogens is 243 g/mol. The largest absolute Gasteiger partial charge is 0.496 e. The first kappa shape index (κ1) is 15.8. The molecule has 0 fully saturated rings. The third-order valence-electron chi connectivity index (χ3n) is 3.13. The zero-order valence-corrected chi connectivity index (χ0v) is 13.1. The van der Waals surface area contributed by atoms with Gasteiger partial charge in [0, 0.05) is 11.1 Å². The van der Waals surface area contributed by atoms with Crippen molar-refractivity contribution in [2.45, 2.75) is 52.4 Å². The fourth-order valence-electron chi connectivity index (χ4n) is 2.08. The maximum absolute atomic E-state index is 12.6. The molecule has 0 unspecified atom stereocenters. The summed E-state index contributed by atoms with van der Waals surface area (Å²) in [6, 6.07) is 3.87. The van der Waals surface area contributed by atoms with E-state index in [0.717, 1.165) is 16.9 Å². The molecule has 2 nitrogen and oxygen atoms in total. The van der Waals surface area contributed by atoms with Crippen LogP contribution in [0.2, 0.25) is 0 Å². The molecule has 3 heteroatoms. The van der Waals surface area contributed by atoms with Crippen LogP contribution < -0.4 is 9.47 Å². The van der Waals surface area contributed by atoms with Crippen molar-refractivity contribution in [1.82, 2.24) is 0 Å². The Kier molecular flexibility index (Phi) is 4.49. The van der Waals surface area contributed by atoms with Crippen LogP contribution in [0.15, 0.2) is 12.1 Å². The summed E-state index contributed by atoms with van der Waals surface area (Å²) in [5.74, 6) is 1.42.